The van der Waals surface area contributed by atoms with Crippen LogP contribution in [0.1, 0.15) is 17.7 Å². The van der Waals surface area contributed by atoms with Gasteiger partial charge in [0.2, 0.25) is 11.8 Å². The molecule has 0 spiro atoms. The summed E-state index contributed by atoms with van der Waals surface area (Å²) >= 11 is 5.94. The molecule has 0 bridgehead atoms. The first-order valence-corrected chi connectivity index (χ1v) is 10.0. The summed E-state index contributed by atoms with van der Waals surface area (Å²) in [7, 11) is 0. The molecule has 0 saturated carbocycles. The number of nitrogens with zero attached hydrogens (tertiary/aromatic N) is 3. The quantitative estimate of drug-likeness (QED) is 0.772. The van der Waals surface area contributed by atoms with E-state index in [2.05, 4.69) is 4.90 Å². The number of benzene rings is 1. The molecular formula is C21H24ClN3O3. The molecule has 3 heterocycles. The van der Waals surface area contributed by atoms with Crippen molar-refractivity contribution in [1.29, 1.82) is 0 Å². The van der Waals surface area contributed by atoms with Crippen LogP contribution in [-0.4, -0.2) is 59.2 Å². The Balaban J connectivity index is 1.27. The van der Waals surface area contributed by atoms with E-state index in [9.17, 15) is 9.59 Å². The second-order valence-corrected chi connectivity index (χ2v) is 7.92. The van der Waals surface area contributed by atoms with E-state index in [1.54, 1.807) is 11.2 Å². The molecule has 2 aliphatic rings. The lowest BCUT2D eigenvalue weighted by molar-refractivity contribution is -0.137. The molecule has 1 aromatic heterocycles. The maximum Gasteiger partial charge on any atom is 0.228 e. The summed E-state index contributed by atoms with van der Waals surface area (Å²) in [5.41, 5.74) is 1.22. The van der Waals surface area contributed by atoms with Gasteiger partial charge in [-0.15, -0.1) is 0 Å². The van der Waals surface area contributed by atoms with Crippen LogP contribution in [0, 0.1) is 5.92 Å². The van der Waals surface area contributed by atoms with E-state index in [1.807, 2.05) is 41.3 Å². The maximum atomic E-state index is 12.9. The molecule has 4 rings (SSSR count). The summed E-state index contributed by atoms with van der Waals surface area (Å²) in [5, 5.41) is 0.742. The van der Waals surface area contributed by atoms with Gasteiger partial charge in [0, 0.05) is 50.7 Å². The van der Waals surface area contributed by atoms with Crippen molar-refractivity contribution in [2.75, 3.05) is 32.7 Å². The zero-order valence-electron chi connectivity index (χ0n) is 15.7. The molecule has 2 aromatic rings. The molecule has 0 aliphatic carbocycles. The van der Waals surface area contributed by atoms with Crippen molar-refractivity contribution in [2.45, 2.75) is 19.5 Å². The van der Waals surface area contributed by atoms with E-state index in [-0.39, 0.29) is 17.7 Å². The van der Waals surface area contributed by atoms with Gasteiger partial charge in [0.25, 0.3) is 0 Å². The van der Waals surface area contributed by atoms with Crippen LogP contribution in [0.15, 0.2) is 47.1 Å². The normalized spacial score (nSPS) is 20.8. The molecule has 1 aromatic carbocycles. The van der Waals surface area contributed by atoms with Crippen LogP contribution in [0.3, 0.4) is 0 Å². The SMILES string of the molecule is O=C1CC(C(=O)N2CCN(Cc3ccc(Cl)cc3)CC2)CN1Cc1ccco1. The van der Waals surface area contributed by atoms with Gasteiger partial charge in [0.1, 0.15) is 5.76 Å². The van der Waals surface area contributed by atoms with Crippen molar-refractivity contribution >= 4 is 23.4 Å². The molecule has 2 amide bonds. The number of carbonyl (C=O) groups is 2. The van der Waals surface area contributed by atoms with E-state index in [0.29, 0.717) is 32.6 Å². The Kier molecular flexibility index (Phi) is 5.69. The van der Waals surface area contributed by atoms with E-state index < -0.39 is 0 Å². The highest BCUT2D eigenvalue weighted by Gasteiger charge is 2.37. The standard InChI is InChI=1S/C21H24ClN3O3/c22-18-5-3-16(4-6-18)13-23-7-9-24(10-8-23)21(27)17-12-20(26)25(14-17)15-19-2-1-11-28-19/h1-6,11,17H,7-10,12-15H2. The third kappa shape index (κ3) is 4.39. The lowest BCUT2D eigenvalue weighted by atomic mass is 10.1. The van der Waals surface area contributed by atoms with Gasteiger partial charge in [-0.05, 0) is 29.8 Å². The van der Waals surface area contributed by atoms with Crippen LogP contribution in [0.5, 0.6) is 0 Å². The highest BCUT2D eigenvalue weighted by Crippen LogP contribution is 2.23. The number of halogens is 1. The third-order valence-corrected chi connectivity index (χ3v) is 5.75. The molecule has 1 unspecified atom stereocenters. The van der Waals surface area contributed by atoms with Crippen molar-refractivity contribution in [3.63, 3.8) is 0 Å². The summed E-state index contributed by atoms with van der Waals surface area (Å²) in [6.07, 6.45) is 1.90. The molecule has 0 radical (unpaired) electrons. The number of hydrogen-bond donors (Lipinski definition) is 0. The van der Waals surface area contributed by atoms with E-state index in [4.69, 9.17) is 16.0 Å². The molecule has 0 N–H and O–H groups in total. The fourth-order valence-electron chi connectivity index (χ4n) is 3.91. The summed E-state index contributed by atoms with van der Waals surface area (Å²) in [4.78, 5) is 31.1. The van der Waals surface area contributed by atoms with Crippen molar-refractivity contribution in [3.05, 3.63) is 59.0 Å². The Labute approximate surface area is 169 Å². The molecule has 148 valence electrons. The number of amides is 2. The van der Waals surface area contributed by atoms with Crippen molar-refractivity contribution in [1.82, 2.24) is 14.7 Å². The average molecular weight is 402 g/mol. The third-order valence-electron chi connectivity index (χ3n) is 5.49. The Morgan fingerprint density at radius 3 is 2.50 bits per heavy atom. The van der Waals surface area contributed by atoms with Crippen molar-refractivity contribution in [2.24, 2.45) is 5.92 Å². The van der Waals surface area contributed by atoms with E-state index in [0.717, 1.165) is 30.4 Å². The van der Waals surface area contributed by atoms with Crippen LogP contribution in [-0.2, 0) is 22.7 Å². The highest BCUT2D eigenvalue weighted by atomic mass is 35.5. The van der Waals surface area contributed by atoms with Gasteiger partial charge in [-0.3, -0.25) is 14.5 Å². The Hall–Kier alpha value is -2.31. The first kappa shape index (κ1) is 19.0. The van der Waals surface area contributed by atoms with Gasteiger partial charge in [0.05, 0.1) is 18.7 Å². The van der Waals surface area contributed by atoms with Gasteiger partial charge >= 0.3 is 0 Å². The first-order valence-electron chi connectivity index (χ1n) is 9.64. The first-order chi connectivity index (χ1) is 13.6. The summed E-state index contributed by atoms with van der Waals surface area (Å²) in [6, 6.07) is 11.5. The zero-order valence-corrected chi connectivity index (χ0v) is 16.5. The van der Waals surface area contributed by atoms with Gasteiger partial charge in [0.15, 0.2) is 0 Å². The molecule has 6 nitrogen and oxygen atoms in total. The van der Waals surface area contributed by atoms with Crippen LogP contribution in [0.2, 0.25) is 5.02 Å². The number of carbonyl (C=O) groups excluding carboxylic acids is 2. The number of likely N-dealkylation sites (tertiary alicyclic amines) is 1. The largest absolute Gasteiger partial charge is 0.467 e. The molecule has 2 saturated heterocycles. The molecule has 2 aliphatic heterocycles. The van der Waals surface area contributed by atoms with Crippen LogP contribution in [0.25, 0.3) is 0 Å². The number of piperazine rings is 1. The number of furan rings is 1. The Morgan fingerprint density at radius 1 is 1.07 bits per heavy atom. The minimum Gasteiger partial charge on any atom is -0.467 e. The average Bonchev–Trinajstić information content (AvgIpc) is 3.34. The van der Waals surface area contributed by atoms with Crippen LogP contribution in [0.4, 0.5) is 0 Å². The lowest BCUT2D eigenvalue weighted by Gasteiger charge is -2.36. The monoisotopic (exact) mass is 401 g/mol. The predicted molar refractivity (Wildman–Crippen MR) is 106 cm³/mol. The van der Waals surface area contributed by atoms with Crippen LogP contribution < -0.4 is 0 Å². The topological polar surface area (TPSA) is 57.0 Å². The predicted octanol–water partition coefficient (Wildman–Crippen LogP) is 2.63. The van der Waals surface area contributed by atoms with Gasteiger partial charge in [-0.2, -0.15) is 0 Å². The zero-order chi connectivity index (χ0) is 19.5. The van der Waals surface area contributed by atoms with E-state index in [1.165, 1.54) is 5.56 Å². The smallest absolute Gasteiger partial charge is 0.228 e. The van der Waals surface area contributed by atoms with Gasteiger partial charge in [-0.25, -0.2) is 0 Å². The fourth-order valence-corrected chi connectivity index (χ4v) is 4.04. The maximum absolute atomic E-state index is 12.9. The molecular weight excluding hydrogens is 378 g/mol. The van der Waals surface area contributed by atoms with E-state index >= 15 is 0 Å². The molecule has 7 heteroatoms. The number of hydrogen-bond acceptors (Lipinski definition) is 4. The molecule has 28 heavy (non-hydrogen) atoms. The Bertz CT molecular complexity index is 814. The second kappa shape index (κ2) is 8.37. The highest BCUT2D eigenvalue weighted by molar-refractivity contribution is 6.30. The Morgan fingerprint density at radius 2 is 1.82 bits per heavy atom. The molecule has 2 fully saturated rings. The second-order valence-electron chi connectivity index (χ2n) is 7.48. The summed E-state index contributed by atoms with van der Waals surface area (Å²) in [6.45, 7) is 4.85. The minimum absolute atomic E-state index is 0.0242. The fraction of sp³-hybridized carbons (Fsp3) is 0.429. The van der Waals surface area contributed by atoms with Crippen LogP contribution >= 0.6 is 11.6 Å². The number of rotatable bonds is 5. The lowest BCUT2D eigenvalue weighted by Crippen LogP contribution is -2.50. The summed E-state index contributed by atoms with van der Waals surface area (Å²) < 4.78 is 5.32. The van der Waals surface area contributed by atoms with Crippen molar-refractivity contribution in [3.8, 4) is 0 Å². The minimum atomic E-state index is -0.245. The van der Waals surface area contributed by atoms with Crippen molar-refractivity contribution < 1.29 is 14.0 Å². The van der Waals surface area contributed by atoms with Gasteiger partial charge < -0.3 is 14.2 Å². The summed E-state index contributed by atoms with van der Waals surface area (Å²) in [5.74, 6) is 0.625. The molecule has 1 atom stereocenters. The van der Waals surface area contributed by atoms with Gasteiger partial charge in [-0.1, -0.05) is 23.7 Å².